The fraction of sp³-hybridized carbons (Fsp3) is 0.150. The lowest BCUT2D eigenvalue weighted by atomic mass is 10.1. The van der Waals surface area contributed by atoms with Gasteiger partial charge in [0.25, 0.3) is 5.91 Å². The van der Waals surface area contributed by atoms with Gasteiger partial charge in [0.15, 0.2) is 17.3 Å². The number of hydrogen-bond donors (Lipinski definition) is 1. The minimum absolute atomic E-state index is 0.305. The van der Waals surface area contributed by atoms with Crippen molar-refractivity contribution in [1.29, 1.82) is 0 Å². The van der Waals surface area contributed by atoms with Crippen LogP contribution in [0, 0.1) is 0 Å². The number of carbonyl (C=O) groups is 1. The monoisotopic (exact) mass is 410 g/mol. The lowest BCUT2D eigenvalue weighted by Crippen LogP contribution is -2.12. The lowest BCUT2D eigenvalue weighted by Gasteiger charge is -2.14. The quantitative estimate of drug-likeness (QED) is 0.521. The first-order chi connectivity index (χ1) is 14.1. The predicted octanol–water partition coefficient (Wildman–Crippen LogP) is 3.74. The van der Waals surface area contributed by atoms with Gasteiger partial charge in [-0.05, 0) is 24.3 Å². The van der Waals surface area contributed by atoms with Crippen molar-refractivity contribution < 1.29 is 19.0 Å². The van der Waals surface area contributed by atoms with E-state index in [4.69, 9.17) is 14.2 Å². The van der Waals surface area contributed by atoms with E-state index in [1.54, 1.807) is 22.7 Å². The Morgan fingerprint density at radius 3 is 2.48 bits per heavy atom. The summed E-state index contributed by atoms with van der Waals surface area (Å²) in [6.07, 6.45) is 1.85. The van der Waals surface area contributed by atoms with E-state index in [1.807, 2.05) is 29.8 Å². The van der Waals surface area contributed by atoms with Crippen LogP contribution in [0.3, 0.4) is 0 Å². The molecule has 0 atom stereocenters. The van der Waals surface area contributed by atoms with E-state index in [0.717, 1.165) is 10.5 Å². The third-order valence-corrected chi connectivity index (χ3v) is 5.03. The Bertz CT molecular complexity index is 1130. The smallest absolute Gasteiger partial charge is 0.255 e. The van der Waals surface area contributed by atoms with Crippen LogP contribution in [0.4, 0.5) is 5.69 Å². The second-order valence-electron chi connectivity index (χ2n) is 6.01. The van der Waals surface area contributed by atoms with Gasteiger partial charge in [0.05, 0.1) is 21.3 Å². The van der Waals surface area contributed by atoms with Crippen LogP contribution in [0.5, 0.6) is 17.2 Å². The summed E-state index contributed by atoms with van der Waals surface area (Å²) in [5.74, 6) is 1.54. The molecule has 8 nitrogen and oxygen atoms in total. The molecule has 0 bridgehead atoms. The van der Waals surface area contributed by atoms with Gasteiger partial charge < -0.3 is 19.5 Å². The molecule has 0 unspecified atom stereocenters. The highest BCUT2D eigenvalue weighted by molar-refractivity contribution is 7.15. The van der Waals surface area contributed by atoms with Gasteiger partial charge in [-0.3, -0.25) is 4.79 Å². The summed E-state index contributed by atoms with van der Waals surface area (Å²) in [4.78, 5) is 18.1. The molecule has 0 saturated carbocycles. The van der Waals surface area contributed by atoms with Crippen LogP contribution in [0.25, 0.3) is 16.3 Å². The van der Waals surface area contributed by atoms with Gasteiger partial charge in [-0.1, -0.05) is 12.1 Å². The van der Waals surface area contributed by atoms with E-state index in [-0.39, 0.29) is 5.91 Å². The van der Waals surface area contributed by atoms with Crippen molar-refractivity contribution in [2.75, 3.05) is 26.6 Å². The minimum atomic E-state index is -0.305. The maximum absolute atomic E-state index is 12.8. The largest absolute Gasteiger partial charge is 0.493 e. The Morgan fingerprint density at radius 2 is 1.83 bits per heavy atom. The molecule has 2 aromatic heterocycles. The van der Waals surface area contributed by atoms with Gasteiger partial charge in [-0.25, -0.2) is 4.52 Å². The summed E-state index contributed by atoms with van der Waals surface area (Å²) in [5.41, 5.74) is 1.81. The van der Waals surface area contributed by atoms with Crippen LogP contribution in [-0.2, 0) is 0 Å². The van der Waals surface area contributed by atoms with Gasteiger partial charge in [-0.2, -0.15) is 4.98 Å². The van der Waals surface area contributed by atoms with Crippen molar-refractivity contribution in [1.82, 2.24) is 14.6 Å². The number of benzene rings is 2. The first kappa shape index (κ1) is 18.8. The normalized spacial score (nSPS) is 10.7. The van der Waals surface area contributed by atoms with Crippen molar-refractivity contribution in [2.24, 2.45) is 0 Å². The standard InChI is InChI=1S/C20H18N4O4S/c1-26-15-10-13(11-16(27-2)17(15)28-3)19(25)21-14-6-4-5-12(9-14)18-22-20-24(23-18)7-8-29-20/h4-11H,1-3H3,(H,21,25). The van der Waals surface area contributed by atoms with Crippen molar-refractivity contribution in [3.8, 4) is 28.6 Å². The summed E-state index contributed by atoms with van der Waals surface area (Å²) >= 11 is 1.51. The zero-order valence-electron chi connectivity index (χ0n) is 16.0. The van der Waals surface area contributed by atoms with E-state index in [9.17, 15) is 4.79 Å². The van der Waals surface area contributed by atoms with Gasteiger partial charge in [0.1, 0.15) is 0 Å². The molecule has 4 aromatic rings. The average Bonchev–Trinajstić information content (AvgIpc) is 3.35. The van der Waals surface area contributed by atoms with E-state index in [1.165, 1.54) is 32.7 Å². The number of anilines is 1. The highest BCUT2D eigenvalue weighted by atomic mass is 32.1. The number of hydrogen-bond acceptors (Lipinski definition) is 7. The molecule has 148 valence electrons. The highest BCUT2D eigenvalue weighted by Crippen LogP contribution is 2.38. The first-order valence-corrected chi connectivity index (χ1v) is 9.52. The average molecular weight is 410 g/mol. The number of nitrogens with zero attached hydrogens (tertiary/aromatic N) is 3. The van der Waals surface area contributed by atoms with Crippen molar-refractivity contribution in [3.05, 3.63) is 53.5 Å². The Labute approximate surface area is 170 Å². The molecule has 9 heteroatoms. The van der Waals surface area contributed by atoms with Gasteiger partial charge in [0.2, 0.25) is 10.7 Å². The SMILES string of the molecule is COc1cc(C(=O)Nc2cccc(-c3nc4sccn4n3)c2)cc(OC)c1OC. The number of ether oxygens (including phenoxy) is 3. The van der Waals surface area contributed by atoms with Crippen LogP contribution in [0.1, 0.15) is 10.4 Å². The minimum Gasteiger partial charge on any atom is -0.493 e. The van der Waals surface area contributed by atoms with Crippen molar-refractivity contribution in [2.45, 2.75) is 0 Å². The number of nitrogens with one attached hydrogen (secondary N) is 1. The second-order valence-corrected chi connectivity index (χ2v) is 6.89. The third kappa shape index (κ3) is 3.59. The Hall–Kier alpha value is -3.59. The van der Waals surface area contributed by atoms with E-state index >= 15 is 0 Å². The number of methoxy groups -OCH3 is 3. The van der Waals surface area contributed by atoms with Crippen LogP contribution >= 0.6 is 11.3 Å². The molecular formula is C20H18N4O4S. The first-order valence-electron chi connectivity index (χ1n) is 8.64. The molecule has 29 heavy (non-hydrogen) atoms. The number of fused-ring (bicyclic) bond motifs is 1. The summed E-state index contributed by atoms with van der Waals surface area (Å²) in [6, 6.07) is 10.6. The molecule has 4 rings (SSSR count). The van der Waals surface area contributed by atoms with Gasteiger partial charge in [0, 0.05) is 28.4 Å². The molecule has 2 aromatic carbocycles. The van der Waals surface area contributed by atoms with E-state index in [2.05, 4.69) is 15.4 Å². The third-order valence-electron chi connectivity index (χ3n) is 4.28. The summed E-state index contributed by atoms with van der Waals surface area (Å²) in [5, 5.41) is 9.25. The van der Waals surface area contributed by atoms with Crippen LogP contribution in [0.2, 0.25) is 0 Å². The lowest BCUT2D eigenvalue weighted by molar-refractivity contribution is 0.102. The Morgan fingerprint density at radius 1 is 1.07 bits per heavy atom. The van der Waals surface area contributed by atoms with Crippen LogP contribution < -0.4 is 19.5 Å². The van der Waals surface area contributed by atoms with E-state index in [0.29, 0.717) is 34.3 Å². The fourth-order valence-electron chi connectivity index (χ4n) is 2.91. The molecule has 0 spiro atoms. The molecule has 0 aliphatic heterocycles. The van der Waals surface area contributed by atoms with E-state index < -0.39 is 0 Å². The highest BCUT2D eigenvalue weighted by Gasteiger charge is 2.17. The number of aromatic nitrogens is 3. The van der Waals surface area contributed by atoms with Crippen molar-refractivity contribution in [3.63, 3.8) is 0 Å². The number of carbonyl (C=O) groups excluding carboxylic acids is 1. The Kier molecular flexibility index (Phi) is 5.05. The number of thiazole rings is 1. The molecule has 0 aliphatic carbocycles. The Balaban J connectivity index is 1.61. The molecule has 1 amide bonds. The molecule has 2 heterocycles. The number of amides is 1. The van der Waals surface area contributed by atoms with Gasteiger partial charge >= 0.3 is 0 Å². The molecule has 1 N–H and O–H groups in total. The zero-order valence-corrected chi connectivity index (χ0v) is 16.8. The number of rotatable bonds is 6. The predicted molar refractivity (Wildman–Crippen MR) is 110 cm³/mol. The molecular weight excluding hydrogens is 392 g/mol. The second kappa shape index (κ2) is 7.80. The maximum Gasteiger partial charge on any atom is 0.255 e. The summed E-state index contributed by atoms with van der Waals surface area (Å²) in [7, 11) is 4.52. The molecule has 0 aliphatic rings. The molecule has 0 saturated heterocycles. The van der Waals surface area contributed by atoms with Crippen molar-refractivity contribution >= 4 is 27.9 Å². The van der Waals surface area contributed by atoms with Crippen LogP contribution in [0.15, 0.2) is 48.0 Å². The fourth-order valence-corrected chi connectivity index (χ4v) is 3.56. The maximum atomic E-state index is 12.8. The summed E-state index contributed by atoms with van der Waals surface area (Å²) in [6.45, 7) is 0. The zero-order chi connectivity index (χ0) is 20.4. The molecule has 0 radical (unpaired) electrons. The molecule has 0 fully saturated rings. The van der Waals surface area contributed by atoms with Gasteiger partial charge in [-0.15, -0.1) is 16.4 Å². The van der Waals surface area contributed by atoms with Crippen LogP contribution in [-0.4, -0.2) is 41.8 Å². The topological polar surface area (TPSA) is 87.0 Å². The summed E-state index contributed by atoms with van der Waals surface area (Å²) < 4.78 is 17.7.